The average molecular weight is 284 g/mol. The second-order valence-corrected chi connectivity index (χ2v) is 5.34. The first-order valence-corrected chi connectivity index (χ1v) is 7.13. The van der Waals surface area contributed by atoms with Crippen LogP contribution in [-0.4, -0.2) is 38.4 Å². The van der Waals surface area contributed by atoms with Crippen molar-refractivity contribution >= 4 is 0 Å². The Labute approximate surface area is 118 Å². The van der Waals surface area contributed by atoms with Crippen LogP contribution in [0.3, 0.4) is 0 Å². The van der Waals surface area contributed by atoms with E-state index in [1.54, 1.807) is 0 Å². The topological polar surface area (TPSA) is 33.3 Å². The van der Waals surface area contributed by atoms with Crippen molar-refractivity contribution in [3.8, 4) is 0 Å². The van der Waals surface area contributed by atoms with Gasteiger partial charge in [-0.05, 0) is 44.0 Å². The Kier molecular flexibility index (Phi) is 5.88. The molecule has 0 amide bonds. The lowest BCUT2D eigenvalue weighted by atomic mass is 10.1. The van der Waals surface area contributed by atoms with E-state index in [-0.39, 0.29) is 0 Å². The van der Waals surface area contributed by atoms with E-state index in [0.717, 1.165) is 32.2 Å². The van der Waals surface area contributed by atoms with Crippen LogP contribution in [0.1, 0.15) is 18.9 Å². The highest BCUT2D eigenvalue weighted by Gasteiger charge is 2.15. The minimum atomic E-state index is -0.517. The third-order valence-corrected chi connectivity index (χ3v) is 3.47. The van der Waals surface area contributed by atoms with Crippen molar-refractivity contribution in [2.75, 3.05) is 26.3 Å². The number of benzene rings is 1. The van der Waals surface area contributed by atoms with Crippen molar-refractivity contribution in [1.29, 1.82) is 0 Å². The van der Waals surface area contributed by atoms with Crippen LogP contribution in [0.15, 0.2) is 18.2 Å². The van der Waals surface area contributed by atoms with Crippen LogP contribution in [0.4, 0.5) is 8.78 Å². The van der Waals surface area contributed by atoms with Gasteiger partial charge in [-0.15, -0.1) is 0 Å². The summed E-state index contributed by atoms with van der Waals surface area (Å²) in [5.74, 6) is -1.03. The first-order valence-electron chi connectivity index (χ1n) is 7.13. The van der Waals surface area contributed by atoms with E-state index in [4.69, 9.17) is 4.74 Å². The molecule has 3 nitrogen and oxygen atoms in total. The summed E-state index contributed by atoms with van der Waals surface area (Å²) in [5.41, 5.74) is 0.682. The highest BCUT2D eigenvalue weighted by atomic mass is 19.1. The molecular formula is C15H22F2N2O. The molecule has 0 spiro atoms. The third-order valence-electron chi connectivity index (χ3n) is 3.47. The molecule has 0 aromatic heterocycles. The van der Waals surface area contributed by atoms with Crippen LogP contribution in [0.25, 0.3) is 0 Å². The minimum Gasteiger partial charge on any atom is -0.379 e. The normalized spacial score (nSPS) is 20.9. The zero-order valence-corrected chi connectivity index (χ0v) is 11.8. The van der Waals surface area contributed by atoms with Crippen molar-refractivity contribution in [2.45, 2.75) is 31.8 Å². The molecule has 1 heterocycles. The largest absolute Gasteiger partial charge is 0.379 e. The molecule has 2 unspecified atom stereocenters. The quantitative estimate of drug-likeness (QED) is 0.836. The molecule has 5 heteroatoms. The van der Waals surface area contributed by atoms with Gasteiger partial charge in [0.1, 0.15) is 11.6 Å². The molecular weight excluding hydrogens is 262 g/mol. The smallest absolute Gasteiger partial charge is 0.126 e. The van der Waals surface area contributed by atoms with E-state index in [0.29, 0.717) is 30.6 Å². The Balaban J connectivity index is 1.69. The van der Waals surface area contributed by atoms with Crippen molar-refractivity contribution in [3.05, 3.63) is 35.4 Å². The highest BCUT2D eigenvalue weighted by Crippen LogP contribution is 2.08. The molecule has 0 radical (unpaired) electrons. The van der Waals surface area contributed by atoms with E-state index >= 15 is 0 Å². The van der Waals surface area contributed by atoms with Gasteiger partial charge in [-0.3, -0.25) is 0 Å². The van der Waals surface area contributed by atoms with Gasteiger partial charge in [0, 0.05) is 24.7 Å². The summed E-state index contributed by atoms with van der Waals surface area (Å²) in [5, 5.41) is 6.79. The van der Waals surface area contributed by atoms with Crippen LogP contribution in [0, 0.1) is 11.6 Å². The number of ether oxygens (including phenoxy) is 1. The summed E-state index contributed by atoms with van der Waals surface area (Å²) in [6.07, 6.45) is 1.60. The van der Waals surface area contributed by atoms with Crippen molar-refractivity contribution in [2.24, 2.45) is 0 Å². The predicted molar refractivity (Wildman–Crippen MR) is 74.8 cm³/mol. The standard InChI is InChI=1S/C15H22F2N2O/c1-11(6-15-10-20-5-4-19-15)18-3-2-12-7-13(16)9-14(17)8-12/h7-9,11,15,18-19H,2-6,10H2,1H3. The molecule has 1 saturated heterocycles. The Morgan fingerprint density at radius 1 is 1.35 bits per heavy atom. The number of rotatable bonds is 6. The summed E-state index contributed by atoms with van der Waals surface area (Å²) in [7, 11) is 0. The molecule has 1 fully saturated rings. The monoisotopic (exact) mass is 284 g/mol. The summed E-state index contributed by atoms with van der Waals surface area (Å²) in [6, 6.07) is 4.39. The van der Waals surface area contributed by atoms with Gasteiger partial charge in [-0.25, -0.2) is 8.78 Å². The number of hydrogen-bond donors (Lipinski definition) is 2. The van der Waals surface area contributed by atoms with Crippen LogP contribution >= 0.6 is 0 Å². The number of halogens is 2. The fraction of sp³-hybridized carbons (Fsp3) is 0.600. The molecule has 0 saturated carbocycles. The molecule has 1 aromatic rings. The van der Waals surface area contributed by atoms with Gasteiger partial charge in [0.2, 0.25) is 0 Å². The fourth-order valence-electron chi connectivity index (χ4n) is 2.50. The van der Waals surface area contributed by atoms with Crippen LogP contribution in [-0.2, 0) is 11.2 Å². The molecule has 20 heavy (non-hydrogen) atoms. The van der Waals surface area contributed by atoms with Gasteiger partial charge in [-0.2, -0.15) is 0 Å². The molecule has 1 aliphatic heterocycles. The lowest BCUT2D eigenvalue weighted by Crippen LogP contribution is -2.45. The Hall–Kier alpha value is -1.04. The maximum absolute atomic E-state index is 13.0. The molecule has 1 aliphatic rings. The number of morpholine rings is 1. The fourth-order valence-corrected chi connectivity index (χ4v) is 2.50. The summed E-state index contributed by atoms with van der Waals surface area (Å²) in [6.45, 7) is 5.25. The first kappa shape index (κ1) is 15.4. The molecule has 0 aliphatic carbocycles. The lowest BCUT2D eigenvalue weighted by Gasteiger charge is -2.26. The Morgan fingerprint density at radius 3 is 2.75 bits per heavy atom. The SMILES string of the molecule is CC(CC1COCCN1)NCCc1cc(F)cc(F)c1. The summed E-state index contributed by atoms with van der Waals surface area (Å²) in [4.78, 5) is 0. The molecule has 2 rings (SSSR count). The molecule has 1 aromatic carbocycles. The molecule has 2 atom stereocenters. The van der Waals surface area contributed by atoms with Crippen LogP contribution < -0.4 is 10.6 Å². The third kappa shape index (κ3) is 5.15. The Bertz CT molecular complexity index is 402. The summed E-state index contributed by atoms with van der Waals surface area (Å²) >= 11 is 0. The average Bonchev–Trinajstić information content (AvgIpc) is 2.38. The summed E-state index contributed by atoms with van der Waals surface area (Å²) < 4.78 is 31.5. The van der Waals surface area contributed by atoms with Crippen molar-refractivity contribution in [3.63, 3.8) is 0 Å². The maximum atomic E-state index is 13.0. The van der Waals surface area contributed by atoms with Crippen LogP contribution in [0.2, 0.25) is 0 Å². The van der Waals surface area contributed by atoms with Crippen molar-refractivity contribution < 1.29 is 13.5 Å². The van der Waals surface area contributed by atoms with Gasteiger partial charge >= 0.3 is 0 Å². The van der Waals surface area contributed by atoms with Gasteiger partial charge in [0.25, 0.3) is 0 Å². The van der Waals surface area contributed by atoms with Crippen molar-refractivity contribution in [1.82, 2.24) is 10.6 Å². The van der Waals surface area contributed by atoms with Gasteiger partial charge < -0.3 is 15.4 Å². The van der Waals surface area contributed by atoms with E-state index in [9.17, 15) is 8.78 Å². The number of hydrogen-bond acceptors (Lipinski definition) is 3. The van der Waals surface area contributed by atoms with Gasteiger partial charge in [0.15, 0.2) is 0 Å². The second-order valence-electron chi connectivity index (χ2n) is 5.34. The number of nitrogens with one attached hydrogen (secondary N) is 2. The van der Waals surface area contributed by atoms with E-state index < -0.39 is 11.6 Å². The predicted octanol–water partition coefficient (Wildman–Crippen LogP) is 1.86. The highest BCUT2D eigenvalue weighted by molar-refractivity contribution is 5.18. The van der Waals surface area contributed by atoms with Crippen LogP contribution in [0.5, 0.6) is 0 Å². The minimum absolute atomic E-state index is 0.340. The molecule has 0 bridgehead atoms. The molecule has 112 valence electrons. The van der Waals surface area contributed by atoms with Gasteiger partial charge in [0.05, 0.1) is 13.2 Å². The first-order chi connectivity index (χ1) is 9.63. The van der Waals surface area contributed by atoms with Gasteiger partial charge in [-0.1, -0.05) is 0 Å². The Morgan fingerprint density at radius 2 is 2.10 bits per heavy atom. The van der Waals surface area contributed by atoms with E-state index in [2.05, 4.69) is 17.6 Å². The molecule has 2 N–H and O–H groups in total. The van der Waals surface area contributed by atoms with E-state index in [1.165, 1.54) is 12.1 Å². The lowest BCUT2D eigenvalue weighted by molar-refractivity contribution is 0.0713. The second kappa shape index (κ2) is 7.67. The zero-order valence-electron chi connectivity index (χ0n) is 11.8. The zero-order chi connectivity index (χ0) is 14.4. The van der Waals surface area contributed by atoms with E-state index in [1.807, 2.05) is 0 Å². The maximum Gasteiger partial charge on any atom is 0.126 e.